The highest BCUT2D eigenvalue weighted by Crippen LogP contribution is 2.18. The number of nitro benzene ring substituents is 1. The van der Waals surface area contributed by atoms with Gasteiger partial charge < -0.3 is 10.0 Å². The van der Waals surface area contributed by atoms with Crippen LogP contribution in [0.5, 0.6) is 0 Å². The largest absolute Gasteiger partial charge is 0.396 e. The summed E-state index contributed by atoms with van der Waals surface area (Å²) in [5.41, 5.74) is 3.30. The molecule has 5 nitrogen and oxygen atoms in total. The number of benzene rings is 2. The van der Waals surface area contributed by atoms with Gasteiger partial charge in [-0.05, 0) is 48.2 Å². The van der Waals surface area contributed by atoms with E-state index in [9.17, 15) is 10.1 Å². The van der Waals surface area contributed by atoms with Crippen LogP contribution in [0.2, 0.25) is 0 Å². The molecule has 2 aromatic carbocycles. The minimum atomic E-state index is -0.393. The molecule has 2 rings (SSSR count). The first-order valence-electron chi connectivity index (χ1n) is 8.95. The van der Waals surface area contributed by atoms with Crippen LogP contribution >= 0.6 is 0 Å². The van der Waals surface area contributed by atoms with Gasteiger partial charge in [0.15, 0.2) is 0 Å². The molecule has 0 spiro atoms. The second-order valence-corrected chi connectivity index (χ2v) is 6.33. The number of anilines is 1. The smallest absolute Gasteiger partial charge is 0.269 e. The van der Waals surface area contributed by atoms with Crippen molar-refractivity contribution in [3.8, 4) is 0 Å². The fourth-order valence-corrected chi connectivity index (χ4v) is 2.68. The van der Waals surface area contributed by atoms with Gasteiger partial charge in [0.2, 0.25) is 0 Å². The number of unbranched alkanes of at least 4 members (excludes halogenated alkanes) is 3. The number of nitrogens with zero attached hydrogens (tertiary/aromatic N) is 2. The van der Waals surface area contributed by atoms with E-state index in [-0.39, 0.29) is 12.3 Å². The van der Waals surface area contributed by atoms with E-state index >= 15 is 0 Å². The maximum absolute atomic E-state index is 10.7. The summed E-state index contributed by atoms with van der Waals surface area (Å²) in [4.78, 5) is 12.5. The predicted octanol–water partition coefficient (Wildman–Crippen LogP) is 4.75. The van der Waals surface area contributed by atoms with Crippen molar-refractivity contribution in [3.05, 3.63) is 69.8 Å². The Morgan fingerprint density at radius 1 is 0.923 bits per heavy atom. The molecule has 26 heavy (non-hydrogen) atoms. The second-order valence-electron chi connectivity index (χ2n) is 6.33. The Labute approximate surface area is 154 Å². The minimum Gasteiger partial charge on any atom is -0.396 e. The van der Waals surface area contributed by atoms with Gasteiger partial charge >= 0.3 is 0 Å². The maximum Gasteiger partial charge on any atom is 0.269 e. The van der Waals surface area contributed by atoms with E-state index in [4.69, 9.17) is 5.11 Å². The van der Waals surface area contributed by atoms with E-state index in [2.05, 4.69) is 36.2 Å². The number of hydrogen-bond donors (Lipinski definition) is 1. The molecule has 138 valence electrons. The summed E-state index contributed by atoms with van der Waals surface area (Å²) >= 11 is 0. The van der Waals surface area contributed by atoms with E-state index in [1.54, 1.807) is 12.1 Å². The molecule has 0 atom stereocenters. The summed E-state index contributed by atoms with van der Waals surface area (Å²) in [7, 11) is 2.09. The highest BCUT2D eigenvalue weighted by atomic mass is 16.6. The van der Waals surface area contributed by atoms with Crippen molar-refractivity contribution < 1.29 is 10.0 Å². The van der Waals surface area contributed by atoms with Gasteiger partial charge in [0, 0.05) is 38.0 Å². The van der Waals surface area contributed by atoms with Gasteiger partial charge in [-0.2, -0.15) is 0 Å². The molecule has 0 saturated heterocycles. The topological polar surface area (TPSA) is 66.6 Å². The number of non-ortho nitro benzene ring substituents is 1. The first-order valence-corrected chi connectivity index (χ1v) is 8.95. The van der Waals surface area contributed by atoms with E-state index in [0.717, 1.165) is 43.4 Å². The van der Waals surface area contributed by atoms with E-state index in [1.165, 1.54) is 17.8 Å². The number of aliphatic hydroxyl groups is 1. The van der Waals surface area contributed by atoms with Crippen LogP contribution in [0.4, 0.5) is 11.4 Å². The molecule has 0 radical (unpaired) electrons. The molecule has 2 aromatic rings. The molecule has 1 N–H and O–H groups in total. The molecule has 0 bridgehead atoms. The molecular formula is C21H26N2O3. The van der Waals surface area contributed by atoms with Crippen LogP contribution in [0.25, 0.3) is 12.2 Å². The Hall–Kier alpha value is -2.66. The van der Waals surface area contributed by atoms with E-state index in [0.29, 0.717) is 0 Å². The summed E-state index contributed by atoms with van der Waals surface area (Å²) in [6.07, 6.45) is 8.18. The van der Waals surface area contributed by atoms with Crippen LogP contribution < -0.4 is 4.90 Å². The van der Waals surface area contributed by atoms with E-state index < -0.39 is 4.92 Å². The first kappa shape index (κ1) is 19.7. The SMILES string of the molecule is CN(CCCCCCO)c1ccc(C=Cc2ccc([N+](=O)[O-])cc2)cc1. The van der Waals surface area contributed by atoms with Crippen LogP contribution in [-0.4, -0.2) is 30.2 Å². The number of hydrogen-bond acceptors (Lipinski definition) is 4. The zero-order valence-corrected chi connectivity index (χ0v) is 15.2. The standard InChI is InChI=1S/C21H26N2O3/c1-22(16-4-2-3-5-17-24)20-12-8-18(9-13-20)6-7-19-10-14-21(15-11-19)23(25)26/h6-15,24H,2-5,16-17H2,1H3. The van der Waals surface area contributed by atoms with Crippen molar-refractivity contribution >= 4 is 23.5 Å². The van der Waals surface area contributed by atoms with Gasteiger partial charge in [-0.3, -0.25) is 10.1 Å². The number of rotatable bonds is 10. The van der Waals surface area contributed by atoms with Crippen LogP contribution in [0.3, 0.4) is 0 Å². The summed E-state index contributed by atoms with van der Waals surface area (Å²) in [6.45, 7) is 1.29. The van der Waals surface area contributed by atoms with Gasteiger partial charge in [-0.1, -0.05) is 37.1 Å². The number of nitro groups is 1. The zero-order valence-electron chi connectivity index (χ0n) is 15.2. The lowest BCUT2D eigenvalue weighted by molar-refractivity contribution is -0.384. The van der Waals surface area contributed by atoms with Crippen molar-refractivity contribution in [2.24, 2.45) is 0 Å². The fraction of sp³-hybridized carbons (Fsp3) is 0.333. The average Bonchev–Trinajstić information content (AvgIpc) is 2.66. The lowest BCUT2D eigenvalue weighted by atomic mass is 10.1. The molecule has 5 heteroatoms. The van der Waals surface area contributed by atoms with Crippen molar-refractivity contribution in [2.75, 3.05) is 25.1 Å². The van der Waals surface area contributed by atoms with Crippen LogP contribution in [-0.2, 0) is 0 Å². The molecule has 0 aliphatic heterocycles. The summed E-state index contributed by atoms with van der Waals surface area (Å²) < 4.78 is 0. The van der Waals surface area contributed by atoms with Gasteiger partial charge in [-0.25, -0.2) is 0 Å². The molecule has 0 aliphatic rings. The van der Waals surface area contributed by atoms with Crippen molar-refractivity contribution in [3.63, 3.8) is 0 Å². The molecule has 0 fully saturated rings. The predicted molar refractivity (Wildman–Crippen MR) is 107 cm³/mol. The first-order chi connectivity index (χ1) is 12.6. The molecule has 0 unspecified atom stereocenters. The van der Waals surface area contributed by atoms with Crippen LogP contribution in [0.1, 0.15) is 36.8 Å². The Morgan fingerprint density at radius 3 is 2.00 bits per heavy atom. The van der Waals surface area contributed by atoms with Crippen molar-refractivity contribution in [1.82, 2.24) is 0 Å². The summed E-state index contributed by atoms with van der Waals surface area (Å²) in [5.74, 6) is 0. The van der Waals surface area contributed by atoms with Gasteiger partial charge in [-0.15, -0.1) is 0 Å². The molecule has 0 aliphatic carbocycles. The quantitative estimate of drug-likeness (QED) is 0.289. The van der Waals surface area contributed by atoms with E-state index in [1.807, 2.05) is 12.2 Å². The lowest BCUT2D eigenvalue weighted by Gasteiger charge is -2.19. The highest BCUT2D eigenvalue weighted by Gasteiger charge is 2.03. The average molecular weight is 354 g/mol. The van der Waals surface area contributed by atoms with Crippen molar-refractivity contribution in [2.45, 2.75) is 25.7 Å². The minimum absolute atomic E-state index is 0.103. The van der Waals surface area contributed by atoms with Crippen LogP contribution in [0.15, 0.2) is 48.5 Å². The molecule has 0 amide bonds. The Bertz CT molecular complexity index is 709. The number of aliphatic hydroxyl groups excluding tert-OH is 1. The third-order valence-electron chi connectivity index (χ3n) is 4.31. The second kappa shape index (κ2) is 10.4. The fourth-order valence-electron chi connectivity index (χ4n) is 2.68. The monoisotopic (exact) mass is 354 g/mol. The Morgan fingerprint density at radius 2 is 1.46 bits per heavy atom. The summed E-state index contributed by atoms with van der Waals surface area (Å²) in [5, 5.41) is 19.5. The normalized spacial score (nSPS) is 11.0. The van der Waals surface area contributed by atoms with Gasteiger partial charge in [0.25, 0.3) is 5.69 Å². The molecule has 0 aromatic heterocycles. The Balaban J connectivity index is 1.87. The third-order valence-corrected chi connectivity index (χ3v) is 4.31. The molecular weight excluding hydrogens is 328 g/mol. The summed E-state index contributed by atoms with van der Waals surface area (Å²) in [6, 6.07) is 14.9. The van der Waals surface area contributed by atoms with Crippen molar-refractivity contribution in [1.29, 1.82) is 0 Å². The Kier molecular flexibility index (Phi) is 7.83. The molecule has 0 heterocycles. The third kappa shape index (κ3) is 6.33. The van der Waals surface area contributed by atoms with Gasteiger partial charge in [0.1, 0.15) is 0 Å². The zero-order chi connectivity index (χ0) is 18.8. The molecule has 0 saturated carbocycles. The van der Waals surface area contributed by atoms with Gasteiger partial charge in [0.05, 0.1) is 4.92 Å². The lowest BCUT2D eigenvalue weighted by Crippen LogP contribution is -2.18. The highest BCUT2D eigenvalue weighted by molar-refractivity contribution is 5.70. The maximum atomic E-state index is 10.7. The van der Waals surface area contributed by atoms with Crippen LogP contribution in [0, 0.1) is 10.1 Å².